The average Bonchev–Trinajstić information content (AvgIpc) is 2.57. The van der Waals surface area contributed by atoms with Gasteiger partial charge in [-0.3, -0.25) is 0 Å². The molecule has 0 aliphatic heterocycles. The molecule has 0 aromatic carbocycles. The number of rotatable bonds is 0. The molecule has 1 nitrogen and oxygen atoms in total. The van der Waals surface area contributed by atoms with Gasteiger partial charge in [-0.1, -0.05) is 54.4 Å². The summed E-state index contributed by atoms with van der Waals surface area (Å²) in [6.07, 6.45) is 4.20. The summed E-state index contributed by atoms with van der Waals surface area (Å²) in [6.45, 7) is 16.5. The van der Waals surface area contributed by atoms with Gasteiger partial charge in [0.1, 0.15) is 5.76 Å². The summed E-state index contributed by atoms with van der Waals surface area (Å²) >= 11 is 0. The van der Waals surface area contributed by atoms with Crippen LogP contribution in [0, 0.1) is 13.8 Å². The molecule has 0 bridgehead atoms. The number of aryl methyl sites for hydroxylation is 2. The first-order valence-corrected chi connectivity index (χ1v) is 6.14. The lowest BCUT2D eigenvalue weighted by molar-refractivity contribution is 0.532. The summed E-state index contributed by atoms with van der Waals surface area (Å²) in [5.74, 6) is 1.01. The predicted octanol–water partition coefficient (Wildman–Crippen LogP) is 5.76. The van der Waals surface area contributed by atoms with Crippen LogP contribution in [-0.2, 0) is 0 Å². The normalized spacial score (nSPS) is 7.20. The molecule has 0 unspecified atom stereocenters. The molecule has 0 N–H and O–H groups in total. The van der Waals surface area contributed by atoms with E-state index in [1.54, 1.807) is 6.26 Å². The molecule has 0 spiro atoms. The highest BCUT2D eigenvalue weighted by atomic mass is 16.3. The summed E-state index contributed by atoms with van der Waals surface area (Å²) < 4.78 is 4.96. The number of hydrogen-bond donors (Lipinski definition) is 0. The lowest BCUT2D eigenvalue weighted by Crippen LogP contribution is -1.63. The first-order chi connectivity index (χ1) is 7.13. The van der Waals surface area contributed by atoms with Gasteiger partial charge in [-0.2, -0.15) is 0 Å². The molecule has 1 aromatic rings. The molecule has 0 saturated heterocycles. The van der Waals surface area contributed by atoms with E-state index >= 15 is 0 Å². The third kappa shape index (κ3) is 19.6. The summed E-state index contributed by atoms with van der Waals surface area (Å²) in [4.78, 5) is 0. The van der Waals surface area contributed by atoms with Crippen LogP contribution < -0.4 is 0 Å². The Bertz CT molecular complexity index is 159. The van der Waals surface area contributed by atoms with E-state index in [0.29, 0.717) is 0 Å². The minimum atomic E-state index is 1.01. The maximum absolute atomic E-state index is 4.96. The van der Waals surface area contributed by atoms with Gasteiger partial charge >= 0.3 is 0 Å². The molecule has 1 aromatic heterocycles. The van der Waals surface area contributed by atoms with Gasteiger partial charge in [0.25, 0.3) is 0 Å². The second-order valence-corrected chi connectivity index (χ2v) is 3.07. The fourth-order valence-electron chi connectivity index (χ4n) is 0.448. The van der Waals surface area contributed by atoms with Gasteiger partial charge in [-0.15, -0.1) is 0 Å². The van der Waals surface area contributed by atoms with Gasteiger partial charge in [0.2, 0.25) is 0 Å². The van der Waals surface area contributed by atoms with Crippen LogP contribution in [0.2, 0.25) is 0 Å². The quantitative estimate of drug-likeness (QED) is 0.535. The van der Waals surface area contributed by atoms with Gasteiger partial charge in [0, 0.05) is 0 Å². The molecule has 92 valence electrons. The Kier molecular flexibility index (Phi) is 25.0. The summed E-state index contributed by atoms with van der Waals surface area (Å²) in [5, 5.41) is 0. The summed E-state index contributed by atoms with van der Waals surface area (Å²) in [6, 6.07) is 1.95. The van der Waals surface area contributed by atoms with Crippen LogP contribution in [-0.4, -0.2) is 0 Å². The lowest BCUT2D eigenvalue weighted by Gasteiger charge is -1.79. The second kappa shape index (κ2) is 18.9. The van der Waals surface area contributed by atoms with E-state index < -0.39 is 0 Å². The van der Waals surface area contributed by atoms with Crippen molar-refractivity contribution < 1.29 is 4.42 Å². The zero-order chi connectivity index (χ0) is 12.7. The summed E-state index contributed by atoms with van der Waals surface area (Å²) in [5.41, 5.74) is 1.22. The van der Waals surface area contributed by atoms with E-state index in [9.17, 15) is 0 Å². The Morgan fingerprint density at radius 3 is 1.33 bits per heavy atom. The Labute approximate surface area is 96.9 Å². The second-order valence-electron chi connectivity index (χ2n) is 3.07. The first kappa shape index (κ1) is 19.8. The van der Waals surface area contributed by atoms with Crippen LogP contribution in [0.5, 0.6) is 0 Å². The standard InChI is InChI=1S/C6H8O.2C3H8.C2H6/c1-5-3-4-7-6(5)2;2*1-3-2;1-2/h3-4H,1-2H3;2*3H2,1-2H3;1-2H3. The minimum Gasteiger partial charge on any atom is -0.469 e. The molecule has 0 aliphatic rings. The Morgan fingerprint density at radius 1 is 0.933 bits per heavy atom. The topological polar surface area (TPSA) is 13.1 Å². The largest absolute Gasteiger partial charge is 0.469 e. The van der Waals surface area contributed by atoms with Gasteiger partial charge in [0.15, 0.2) is 0 Å². The molecule has 0 amide bonds. The molecular formula is C14H30O. The third-order valence-corrected chi connectivity index (χ3v) is 1.12. The van der Waals surface area contributed by atoms with Crippen LogP contribution >= 0.6 is 0 Å². The predicted molar refractivity (Wildman–Crippen MR) is 71.5 cm³/mol. The molecule has 1 heteroatoms. The van der Waals surface area contributed by atoms with Crippen molar-refractivity contribution in [2.45, 2.75) is 68.2 Å². The molecule has 1 heterocycles. The fourth-order valence-corrected chi connectivity index (χ4v) is 0.448. The van der Waals surface area contributed by atoms with Crippen LogP contribution in [0.25, 0.3) is 0 Å². The number of hydrogen-bond acceptors (Lipinski definition) is 1. The minimum absolute atomic E-state index is 1.01. The van der Waals surface area contributed by atoms with E-state index in [2.05, 4.69) is 27.7 Å². The van der Waals surface area contributed by atoms with Crippen LogP contribution in [0.1, 0.15) is 65.7 Å². The van der Waals surface area contributed by atoms with Crippen LogP contribution in [0.4, 0.5) is 0 Å². The fraction of sp³-hybridized carbons (Fsp3) is 0.714. The highest BCUT2D eigenvalue weighted by Gasteiger charge is 1.88. The Balaban J connectivity index is -0.000000154. The third-order valence-electron chi connectivity index (χ3n) is 1.12. The molecule has 0 saturated carbocycles. The van der Waals surface area contributed by atoms with Gasteiger partial charge < -0.3 is 4.42 Å². The average molecular weight is 214 g/mol. The molecule has 0 radical (unpaired) electrons. The van der Waals surface area contributed by atoms with Crippen molar-refractivity contribution in [2.75, 3.05) is 0 Å². The Hall–Kier alpha value is -0.720. The van der Waals surface area contributed by atoms with Crippen molar-refractivity contribution in [3.63, 3.8) is 0 Å². The number of furan rings is 1. The van der Waals surface area contributed by atoms with Gasteiger partial charge in [-0.25, -0.2) is 0 Å². The first-order valence-electron chi connectivity index (χ1n) is 6.14. The van der Waals surface area contributed by atoms with Crippen molar-refractivity contribution >= 4 is 0 Å². The van der Waals surface area contributed by atoms with Gasteiger partial charge in [-0.05, 0) is 25.5 Å². The highest BCUT2D eigenvalue weighted by Crippen LogP contribution is 2.04. The van der Waals surface area contributed by atoms with Gasteiger partial charge in [0.05, 0.1) is 6.26 Å². The van der Waals surface area contributed by atoms with E-state index in [1.807, 2.05) is 33.8 Å². The van der Waals surface area contributed by atoms with E-state index in [-0.39, 0.29) is 0 Å². The molecule has 0 atom stereocenters. The van der Waals surface area contributed by atoms with Crippen LogP contribution in [0.3, 0.4) is 0 Å². The van der Waals surface area contributed by atoms with E-state index in [1.165, 1.54) is 18.4 Å². The smallest absolute Gasteiger partial charge is 0.103 e. The molecule has 0 aliphatic carbocycles. The maximum Gasteiger partial charge on any atom is 0.103 e. The van der Waals surface area contributed by atoms with Crippen molar-refractivity contribution in [1.29, 1.82) is 0 Å². The molecule has 1 rings (SSSR count). The Morgan fingerprint density at radius 2 is 1.27 bits per heavy atom. The molecule has 0 fully saturated rings. The zero-order valence-corrected chi connectivity index (χ0v) is 12.0. The maximum atomic E-state index is 4.96. The van der Waals surface area contributed by atoms with Crippen molar-refractivity contribution in [3.8, 4) is 0 Å². The highest BCUT2D eigenvalue weighted by molar-refractivity contribution is 5.11. The van der Waals surface area contributed by atoms with Crippen molar-refractivity contribution in [3.05, 3.63) is 23.7 Å². The summed E-state index contributed by atoms with van der Waals surface area (Å²) in [7, 11) is 0. The molecule has 15 heavy (non-hydrogen) atoms. The SMILES string of the molecule is CC.CCC.CCC.Cc1ccoc1C. The molecular weight excluding hydrogens is 184 g/mol. The zero-order valence-electron chi connectivity index (χ0n) is 12.0. The van der Waals surface area contributed by atoms with Crippen LogP contribution in [0.15, 0.2) is 16.7 Å². The monoisotopic (exact) mass is 214 g/mol. The van der Waals surface area contributed by atoms with E-state index in [4.69, 9.17) is 4.42 Å². The van der Waals surface area contributed by atoms with Crippen molar-refractivity contribution in [1.82, 2.24) is 0 Å². The lowest BCUT2D eigenvalue weighted by atomic mass is 10.3. The van der Waals surface area contributed by atoms with Crippen molar-refractivity contribution in [2.24, 2.45) is 0 Å². The van der Waals surface area contributed by atoms with E-state index in [0.717, 1.165) is 5.76 Å².